The van der Waals surface area contributed by atoms with Gasteiger partial charge in [-0.15, -0.1) is 0 Å². The van der Waals surface area contributed by atoms with Gasteiger partial charge in [-0.2, -0.15) is 0 Å². The van der Waals surface area contributed by atoms with Crippen LogP contribution < -0.4 is 4.74 Å². The maximum Gasteiger partial charge on any atom is 0.137 e. The average molecular weight is 279 g/mol. The second-order valence-electron chi connectivity index (χ2n) is 5.72. The topological polar surface area (TPSA) is 62.6 Å². The molecule has 1 aliphatic rings. The first-order valence-electron chi connectivity index (χ1n) is 7.64. The lowest BCUT2D eigenvalue weighted by atomic mass is 9.85. The molecular weight excluding hydrogens is 254 g/mol. The van der Waals surface area contributed by atoms with E-state index in [2.05, 4.69) is 4.98 Å². The predicted molar refractivity (Wildman–Crippen MR) is 77.6 cm³/mol. The van der Waals surface area contributed by atoms with Crippen LogP contribution >= 0.6 is 0 Å². The van der Waals surface area contributed by atoms with Gasteiger partial charge in [-0.05, 0) is 25.3 Å². The highest BCUT2D eigenvalue weighted by molar-refractivity contribution is 5.27. The van der Waals surface area contributed by atoms with Crippen molar-refractivity contribution in [2.24, 2.45) is 0 Å². The Kier molecular flexibility index (Phi) is 5.38. The summed E-state index contributed by atoms with van der Waals surface area (Å²) in [5.41, 5.74) is -0.385. The van der Waals surface area contributed by atoms with Crippen molar-refractivity contribution in [2.75, 3.05) is 6.61 Å². The third-order valence-electron chi connectivity index (χ3n) is 4.00. The van der Waals surface area contributed by atoms with E-state index in [0.717, 1.165) is 32.1 Å². The Morgan fingerprint density at radius 2 is 1.95 bits per heavy atom. The molecule has 0 spiro atoms. The molecule has 112 valence electrons. The summed E-state index contributed by atoms with van der Waals surface area (Å²) in [4.78, 5) is 4.11. The molecule has 0 saturated heterocycles. The molecule has 1 aromatic heterocycles. The number of nitrogens with zero attached hydrogens (tertiary/aromatic N) is 1. The SMILES string of the molecule is CCCOc1cncc(C(O)C2(O)CCCCCC2)c1. The largest absolute Gasteiger partial charge is 0.492 e. The van der Waals surface area contributed by atoms with Crippen LogP contribution in [0.4, 0.5) is 0 Å². The van der Waals surface area contributed by atoms with Gasteiger partial charge in [0.1, 0.15) is 11.9 Å². The molecular formula is C16H25NO3. The smallest absolute Gasteiger partial charge is 0.137 e. The lowest BCUT2D eigenvalue weighted by molar-refractivity contribution is -0.0869. The van der Waals surface area contributed by atoms with Gasteiger partial charge in [0.2, 0.25) is 0 Å². The number of aliphatic hydroxyl groups excluding tert-OH is 1. The minimum Gasteiger partial charge on any atom is -0.492 e. The van der Waals surface area contributed by atoms with Crippen LogP contribution in [0.1, 0.15) is 63.5 Å². The summed E-state index contributed by atoms with van der Waals surface area (Å²) < 4.78 is 5.54. The molecule has 1 saturated carbocycles. The Bertz CT molecular complexity index is 414. The summed E-state index contributed by atoms with van der Waals surface area (Å²) >= 11 is 0. The van der Waals surface area contributed by atoms with Crippen LogP contribution in [0.2, 0.25) is 0 Å². The zero-order valence-electron chi connectivity index (χ0n) is 12.2. The molecule has 0 amide bonds. The fourth-order valence-corrected chi connectivity index (χ4v) is 2.81. The Hall–Kier alpha value is -1.13. The third-order valence-corrected chi connectivity index (χ3v) is 4.00. The van der Waals surface area contributed by atoms with Gasteiger partial charge in [0.15, 0.2) is 0 Å². The van der Waals surface area contributed by atoms with E-state index in [1.165, 1.54) is 0 Å². The molecule has 0 aliphatic heterocycles. The fourth-order valence-electron chi connectivity index (χ4n) is 2.81. The van der Waals surface area contributed by atoms with Crippen molar-refractivity contribution in [2.45, 2.75) is 63.6 Å². The Morgan fingerprint density at radius 3 is 2.60 bits per heavy atom. The summed E-state index contributed by atoms with van der Waals surface area (Å²) in [5.74, 6) is 0.653. The number of pyridine rings is 1. The van der Waals surface area contributed by atoms with Crippen LogP contribution in [-0.2, 0) is 0 Å². The molecule has 0 aromatic carbocycles. The van der Waals surface area contributed by atoms with Crippen molar-refractivity contribution < 1.29 is 14.9 Å². The minimum atomic E-state index is -1.03. The van der Waals surface area contributed by atoms with Crippen molar-refractivity contribution in [3.8, 4) is 5.75 Å². The first kappa shape index (κ1) is 15.3. The molecule has 2 N–H and O–H groups in total. The summed E-state index contributed by atoms with van der Waals surface area (Å²) in [5, 5.41) is 21.3. The maximum atomic E-state index is 10.7. The van der Waals surface area contributed by atoms with Crippen LogP contribution in [0, 0.1) is 0 Å². The third kappa shape index (κ3) is 3.70. The maximum absolute atomic E-state index is 10.7. The number of ether oxygens (including phenoxy) is 1. The first-order valence-corrected chi connectivity index (χ1v) is 7.64. The summed E-state index contributed by atoms with van der Waals surface area (Å²) in [7, 11) is 0. The van der Waals surface area contributed by atoms with Gasteiger partial charge in [0.05, 0.1) is 18.4 Å². The number of rotatable bonds is 5. The molecule has 0 radical (unpaired) electrons. The van der Waals surface area contributed by atoms with Crippen LogP contribution in [0.25, 0.3) is 0 Å². The number of hydrogen-bond donors (Lipinski definition) is 2. The second-order valence-corrected chi connectivity index (χ2v) is 5.72. The normalized spacial score (nSPS) is 20.1. The summed E-state index contributed by atoms with van der Waals surface area (Å²) in [6, 6.07) is 1.79. The van der Waals surface area contributed by atoms with E-state index >= 15 is 0 Å². The van der Waals surface area contributed by atoms with Crippen LogP contribution in [-0.4, -0.2) is 27.4 Å². The van der Waals surface area contributed by atoms with Crippen molar-refractivity contribution in [3.05, 3.63) is 24.0 Å². The molecule has 1 aromatic rings. The number of aromatic nitrogens is 1. The van der Waals surface area contributed by atoms with Gasteiger partial charge in [0.25, 0.3) is 0 Å². The molecule has 4 heteroatoms. The average Bonchev–Trinajstić information content (AvgIpc) is 2.70. The summed E-state index contributed by atoms with van der Waals surface area (Å²) in [6.07, 6.45) is 8.78. The molecule has 1 unspecified atom stereocenters. The van der Waals surface area contributed by atoms with E-state index in [4.69, 9.17) is 4.74 Å². The Balaban J connectivity index is 2.12. The lowest BCUT2D eigenvalue weighted by Crippen LogP contribution is -2.35. The van der Waals surface area contributed by atoms with E-state index < -0.39 is 11.7 Å². The highest BCUT2D eigenvalue weighted by Crippen LogP contribution is 2.37. The predicted octanol–water partition coefficient (Wildman–Crippen LogP) is 2.99. The summed E-state index contributed by atoms with van der Waals surface area (Å²) in [6.45, 7) is 2.67. The van der Waals surface area contributed by atoms with Crippen LogP contribution in [0.15, 0.2) is 18.5 Å². The monoisotopic (exact) mass is 279 g/mol. The van der Waals surface area contributed by atoms with Gasteiger partial charge >= 0.3 is 0 Å². The van der Waals surface area contributed by atoms with Gasteiger partial charge in [-0.25, -0.2) is 0 Å². The molecule has 1 fully saturated rings. The van der Waals surface area contributed by atoms with Crippen molar-refractivity contribution >= 4 is 0 Å². The molecule has 1 aliphatic carbocycles. The van der Waals surface area contributed by atoms with Gasteiger partial charge in [-0.3, -0.25) is 4.98 Å². The van der Waals surface area contributed by atoms with Crippen molar-refractivity contribution in [1.82, 2.24) is 4.98 Å². The van der Waals surface area contributed by atoms with Crippen molar-refractivity contribution in [3.63, 3.8) is 0 Å². The van der Waals surface area contributed by atoms with Crippen molar-refractivity contribution in [1.29, 1.82) is 0 Å². The Morgan fingerprint density at radius 1 is 1.25 bits per heavy atom. The quantitative estimate of drug-likeness (QED) is 0.813. The number of aliphatic hydroxyl groups is 2. The van der Waals surface area contributed by atoms with E-state index in [0.29, 0.717) is 30.8 Å². The van der Waals surface area contributed by atoms with E-state index in [9.17, 15) is 10.2 Å². The van der Waals surface area contributed by atoms with Gasteiger partial charge in [0, 0.05) is 11.8 Å². The standard InChI is InChI=1S/C16H25NO3/c1-2-9-20-14-10-13(11-17-12-14)15(18)16(19)7-5-3-4-6-8-16/h10-12,15,18-19H,2-9H2,1H3. The molecule has 4 nitrogen and oxygen atoms in total. The molecule has 0 bridgehead atoms. The molecule has 2 rings (SSSR count). The van der Waals surface area contributed by atoms with Gasteiger partial charge in [-0.1, -0.05) is 32.6 Å². The highest BCUT2D eigenvalue weighted by Gasteiger charge is 2.37. The Labute approximate surface area is 120 Å². The van der Waals surface area contributed by atoms with Gasteiger partial charge < -0.3 is 14.9 Å². The molecule has 1 heterocycles. The first-order chi connectivity index (χ1) is 9.65. The zero-order chi connectivity index (χ0) is 14.4. The van der Waals surface area contributed by atoms with E-state index in [1.807, 2.05) is 6.92 Å². The fraction of sp³-hybridized carbons (Fsp3) is 0.688. The lowest BCUT2D eigenvalue weighted by Gasteiger charge is -2.32. The highest BCUT2D eigenvalue weighted by atomic mass is 16.5. The van der Waals surface area contributed by atoms with E-state index in [-0.39, 0.29) is 0 Å². The number of hydrogen-bond acceptors (Lipinski definition) is 4. The minimum absolute atomic E-state index is 0.630. The van der Waals surface area contributed by atoms with E-state index in [1.54, 1.807) is 18.5 Å². The zero-order valence-corrected chi connectivity index (χ0v) is 12.2. The van der Waals surface area contributed by atoms with Crippen LogP contribution in [0.3, 0.4) is 0 Å². The second kappa shape index (κ2) is 7.04. The molecule has 20 heavy (non-hydrogen) atoms. The van der Waals surface area contributed by atoms with Crippen LogP contribution in [0.5, 0.6) is 5.75 Å². The molecule has 1 atom stereocenters.